The van der Waals surface area contributed by atoms with Gasteiger partial charge >= 0.3 is 0 Å². The SMILES string of the molecule is CCCC(=O)N1CSCC1C(=O)N1CCC(C)(CN)C1. The molecule has 5 nitrogen and oxygen atoms in total. The molecule has 6 heteroatoms. The van der Waals surface area contributed by atoms with Crippen LogP contribution in [0.15, 0.2) is 0 Å². The van der Waals surface area contributed by atoms with Crippen molar-refractivity contribution >= 4 is 23.6 Å². The topological polar surface area (TPSA) is 66.6 Å². The first-order valence-electron chi connectivity index (χ1n) is 7.37. The molecular formula is C14H25N3O2S. The van der Waals surface area contributed by atoms with Crippen LogP contribution in [0.1, 0.15) is 33.1 Å². The quantitative estimate of drug-likeness (QED) is 0.837. The smallest absolute Gasteiger partial charge is 0.246 e. The predicted octanol–water partition coefficient (Wildman–Crippen LogP) is 0.885. The van der Waals surface area contributed by atoms with Crippen molar-refractivity contribution in [3.05, 3.63) is 0 Å². The summed E-state index contributed by atoms with van der Waals surface area (Å²) in [4.78, 5) is 28.4. The van der Waals surface area contributed by atoms with E-state index in [9.17, 15) is 9.59 Å². The van der Waals surface area contributed by atoms with Gasteiger partial charge in [-0.3, -0.25) is 9.59 Å². The summed E-state index contributed by atoms with van der Waals surface area (Å²) < 4.78 is 0. The Hall–Kier alpha value is -0.750. The van der Waals surface area contributed by atoms with Crippen LogP contribution in [0.3, 0.4) is 0 Å². The largest absolute Gasteiger partial charge is 0.340 e. The second-order valence-corrected chi connectivity index (χ2v) is 7.15. The molecule has 2 fully saturated rings. The fourth-order valence-corrected chi connectivity index (χ4v) is 4.01. The zero-order valence-corrected chi connectivity index (χ0v) is 13.2. The molecule has 0 saturated carbocycles. The van der Waals surface area contributed by atoms with Gasteiger partial charge < -0.3 is 15.5 Å². The highest BCUT2D eigenvalue weighted by Gasteiger charge is 2.41. The van der Waals surface area contributed by atoms with Gasteiger partial charge in [0.2, 0.25) is 11.8 Å². The summed E-state index contributed by atoms with van der Waals surface area (Å²) in [6.45, 7) is 6.21. The Balaban J connectivity index is 2.00. The Kier molecular flexibility index (Phi) is 4.96. The summed E-state index contributed by atoms with van der Waals surface area (Å²) in [6.07, 6.45) is 2.32. The third kappa shape index (κ3) is 3.11. The average Bonchev–Trinajstić information content (AvgIpc) is 3.05. The Morgan fingerprint density at radius 2 is 2.20 bits per heavy atom. The van der Waals surface area contributed by atoms with E-state index in [2.05, 4.69) is 6.92 Å². The van der Waals surface area contributed by atoms with Crippen molar-refractivity contribution in [1.82, 2.24) is 9.80 Å². The monoisotopic (exact) mass is 299 g/mol. The number of nitrogens with zero attached hydrogens (tertiary/aromatic N) is 2. The van der Waals surface area contributed by atoms with Crippen LogP contribution in [0.5, 0.6) is 0 Å². The number of carbonyl (C=O) groups is 2. The molecule has 20 heavy (non-hydrogen) atoms. The van der Waals surface area contributed by atoms with Gasteiger partial charge in [0.15, 0.2) is 0 Å². The minimum absolute atomic E-state index is 0.0413. The maximum absolute atomic E-state index is 12.6. The van der Waals surface area contributed by atoms with E-state index in [-0.39, 0.29) is 23.3 Å². The molecule has 2 aliphatic heterocycles. The van der Waals surface area contributed by atoms with E-state index in [1.807, 2.05) is 11.8 Å². The highest BCUT2D eigenvalue weighted by atomic mass is 32.2. The molecule has 0 bridgehead atoms. The number of carbonyl (C=O) groups excluding carboxylic acids is 2. The maximum Gasteiger partial charge on any atom is 0.246 e. The lowest BCUT2D eigenvalue weighted by Gasteiger charge is -2.28. The third-order valence-corrected chi connectivity index (χ3v) is 5.33. The number of hydrogen-bond acceptors (Lipinski definition) is 4. The lowest BCUT2D eigenvalue weighted by molar-refractivity contribution is -0.143. The zero-order chi connectivity index (χ0) is 14.8. The molecule has 0 aromatic heterocycles. The molecule has 0 spiro atoms. The van der Waals surface area contributed by atoms with E-state index in [0.717, 1.165) is 31.7 Å². The van der Waals surface area contributed by atoms with Gasteiger partial charge in [0.25, 0.3) is 0 Å². The average molecular weight is 299 g/mol. The van der Waals surface area contributed by atoms with Crippen LogP contribution in [-0.2, 0) is 9.59 Å². The van der Waals surface area contributed by atoms with Crippen molar-refractivity contribution in [2.75, 3.05) is 31.3 Å². The van der Waals surface area contributed by atoms with Gasteiger partial charge in [-0.05, 0) is 24.8 Å². The van der Waals surface area contributed by atoms with E-state index >= 15 is 0 Å². The minimum atomic E-state index is -0.265. The Labute approximate surface area is 125 Å². The highest BCUT2D eigenvalue weighted by molar-refractivity contribution is 7.99. The molecule has 2 unspecified atom stereocenters. The van der Waals surface area contributed by atoms with Crippen LogP contribution in [-0.4, -0.2) is 58.9 Å². The van der Waals surface area contributed by atoms with E-state index < -0.39 is 0 Å². The fraction of sp³-hybridized carbons (Fsp3) is 0.857. The van der Waals surface area contributed by atoms with Crippen LogP contribution < -0.4 is 5.73 Å². The molecule has 114 valence electrons. The second-order valence-electron chi connectivity index (χ2n) is 6.15. The van der Waals surface area contributed by atoms with Crippen molar-refractivity contribution < 1.29 is 9.59 Å². The van der Waals surface area contributed by atoms with Crippen molar-refractivity contribution in [2.24, 2.45) is 11.1 Å². The van der Waals surface area contributed by atoms with E-state index in [4.69, 9.17) is 5.73 Å². The van der Waals surface area contributed by atoms with Gasteiger partial charge in [-0.15, -0.1) is 11.8 Å². The van der Waals surface area contributed by atoms with E-state index in [1.165, 1.54) is 0 Å². The lowest BCUT2D eigenvalue weighted by atomic mass is 9.90. The summed E-state index contributed by atoms with van der Waals surface area (Å²) in [5.41, 5.74) is 5.83. The van der Waals surface area contributed by atoms with Gasteiger partial charge in [0.1, 0.15) is 6.04 Å². The van der Waals surface area contributed by atoms with E-state index in [0.29, 0.717) is 18.8 Å². The molecular weight excluding hydrogens is 274 g/mol. The number of amides is 2. The molecule has 2 amide bonds. The van der Waals surface area contributed by atoms with Gasteiger partial charge in [-0.2, -0.15) is 0 Å². The summed E-state index contributed by atoms with van der Waals surface area (Å²) in [5, 5.41) is 0. The normalized spacial score (nSPS) is 30.1. The van der Waals surface area contributed by atoms with Gasteiger partial charge in [-0.1, -0.05) is 13.8 Å². The minimum Gasteiger partial charge on any atom is -0.340 e. The third-order valence-electron chi connectivity index (χ3n) is 4.31. The fourth-order valence-electron chi connectivity index (χ4n) is 2.84. The lowest BCUT2D eigenvalue weighted by Crippen LogP contribution is -2.49. The molecule has 0 aromatic carbocycles. The van der Waals surface area contributed by atoms with Gasteiger partial charge in [-0.25, -0.2) is 0 Å². The predicted molar refractivity (Wildman–Crippen MR) is 81.2 cm³/mol. The van der Waals surface area contributed by atoms with Crippen LogP contribution in [0, 0.1) is 5.41 Å². The summed E-state index contributed by atoms with van der Waals surface area (Å²) in [5.74, 6) is 1.59. The Morgan fingerprint density at radius 3 is 2.80 bits per heavy atom. The van der Waals surface area contributed by atoms with Crippen LogP contribution >= 0.6 is 11.8 Å². The Bertz CT molecular complexity index is 391. The standard InChI is InChI=1S/C14H25N3O2S/c1-3-4-12(18)17-10-20-7-11(17)13(19)16-6-5-14(2,8-15)9-16/h11H,3-10,15H2,1-2H3. The number of thioether (sulfide) groups is 1. The Morgan fingerprint density at radius 1 is 1.45 bits per heavy atom. The van der Waals surface area contributed by atoms with Crippen molar-refractivity contribution in [3.63, 3.8) is 0 Å². The van der Waals surface area contributed by atoms with E-state index in [1.54, 1.807) is 16.7 Å². The van der Waals surface area contributed by atoms with Gasteiger partial charge in [0, 0.05) is 25.3 Å². The first-order chi connectivity index (χ1) is 9.50. The molecule has 2 aliphatic rings. The first-order valence-corrected chi connectivity index (χ1v) is 8.52. The number of likely N-dealkylation sites (tertiary alicyclic amines) is 1. The molecule has 0 radical (unpaired) electrons. The van der Waals surface area contributed by atoms with Crippen LogP contribution in [0.2, 0.25) is 0 Å². The van der Waals surface area contributed by atoms with Gasteiger partial charge in [0.05, 0.1) is 5.88 Å². The van der Waals surface area contributed by atoms with Crippen molar-refractivity contribution in [1.29, 1.82) is 0 Å². The molecule has 2 N–H and O–H groups in total. The van der Waals surface area contributed by atoms with Crippen LogP contribution in [0.4, 0.5) is 0 Å². The molecule has 2 rings (SSSR count). The molecule has 2 heterocycles. The maximum atomic E-state index is 12.6. The molecule has 2 atom stereocenters. The van der Waals surface area contributed by atoms with Crippen molar-refractivity contribution in [2.45, 2.75) is 39.2 Å². The molecule has 2 saturated heterocycles. The summed E-state index contributed by atoms with van der Waals surface area (Å²) in [7, 11) is 0. The zero-order valence-electron chi connectivity index (χ0n) is 12.4. The van der Waals surface area contributed by atoms with Crippen LogP contribution in [0.25, 0.3) is 0 Å². The second kappa shape index (κ2) is 6.35. The first kappa shape index (κ1) is 15.6. The summed E-state index contributed by atoms with van der Waals surface area (Å²) >= 11 is 1.67. The number of hydrogen-bond donors (Lipinski definition) is 1. The summed E-state index contributed by atoms with van der Waals surface area (Å²) in [6, 6.07) is -0.265. The highest BCUT2D eigenvalue weighted by Crippen LogP contribution is 2.31. The van der Waals surface area contributed by atoms with Crippen molar-refractivity contribution in [3.8, 4) is 0 Å². The number of rotatable bonds is 4. The number of nitrogens with two attached hydrogens (primary N) is 1. The molecule has 0 aromatic rings. The molecule has 0 aliphatic carbocycles.